The van der Waals surface area contributed by atoms with Crippen molar-refractivity contribution in [3.8, 4) is 5.88 Å². The molecule has 1 amide bonds. The summed E-state index contributed by atoms with van der Waals surface area (Å²) in [6.07, 6.45) is 2.44. The zero-order valence-electron chi connectivity index (χ0n) is 13.2. The molecule has 0 spiro atoms. The molecule has 1 aliphatic carbocycles. The molecule has 1 aromatic rings. The van der Waals surface area contributed by atoms with Crippen LogP contribution in [0.5, 0.6) is 5.88 Å². The van der Waals surface area contributed by atoms with Gasteiger partial charge in [0.05, 0.1) is 7.11 Å². The van der Waals surface area contributed by atoms with E-state index in [1.54, 1.807) is 7.11 Å². The standard InChI is InChI=1S/C16H22ClN3O2/c1-16(2)7-9-6-11(17)20-15(22-3)13(9)14(16)18-8-10-4-5-12(21)19-10/h6,10,14,18H,4-5,7-8H2,1-3H3,(H,19,21)/t10-,14+/m0/s1. The normalized spacial score (nSPS) is 25.9. The summed E-state index contributed by atoms with van der Waals surface area (Å²) in [6, 6.07) is 2.28. The summed E-state index contributed by atoms with van der Waals surface area (Å²) in [5.74, 6) is 0.741. The molecule has 1 fully saturated rings. The Hall–Kier alpha value is -1.33. The van der Waals surface area contributed by atoms with E-state index in [-0.39, 0.29) is 23.4 Å². The minimum Gasteiger partial charge on any atom is -0.481 e. The zero-order chi connectivity index (χ0) is 15.9. The van der Waals surface area contributed by atoms with Gasteiger partial charge in [-0.2, -0.15) is 0 Å². The summed E-state index contributed by atoms with van der Waals surface area (Å²) in [5, 5.41) is 7.07. The highest BCUT2D eigenvalue weighted by Gasteiger charge is 2.42. The molecule has 1 aliphatic heterocycles. The molecule has 120 valence electrons. The molecule has 0 unspecified atom stereocenters. The summed E-state index contributed by atoms with van der Waals surface area (Å²) in [4.78, 5) is 15.6. The Kier molecular flexibility index (Phi) is 4.03. The van der Waals surface area contributed by atoms with Gasteiger partial charge in [-0.15, -0.1) is 0 Å². The molecule has 1 aromatic heterocycles. The van der Waals surface area contributed by atoms with Gasteiger partial charge in [0.25, 0.3) is 0 Å². The van der Waals surface area contributed by atoms with E-state index in [1.807, 2.05) is 6.07 Å². The van der Waals surface area contributed by atoms with Crippen molar-refractivity contribution in [3.05, 3.63) is 22.3 Å². The van der Waals surface area contributed by atoms with E-state index in [0.29, 0.717) is 17.5 Å². The molecule has 0 radical (unpaired) electrons. The number of halogens is 1. The van der Waals surface area contributed by atoms with Gasteiger partial charge in [-0.25, -0.2) is 4.98 Å². The maximum absolute atomic E-state index is 11.3. The second-order valence-corrected chi connectivity index (χ2v) is 7.22. The Labute approximate surface area is 135 Å². The predicted molar refractivity (Wildman–Crippen MR) is 85.2 cm³/mol. The Bertz CT molecular complexity index is 603. The van der Waals surface area contributed by atoms with Crippen LogP contribution in [0.3, 0.4) is 0 Å². The van der Waals surface area contributed by atoms with E-state index >= 15 is 0 Å². The first-order valence-corrected chi connectivity index (χ1v) is 8.04. The third kappa shape index (κ3) is 2.79. The van der Waals surface area contributed by atoms with E-state index in [1.165, 1.54) is 5.56 Å². The lowest BCUT2D eigenvalue weighted by molar-refractivity contribution is -0.119. The van der Waals surface area contributed by atoms with Crippen molar-refractivity contribution in [2.24, 2.45) is 5.41 Å². The summed E-state index contributed by atoms with van der Waals surface area (Å²) in [6.45, 7) is 5.21. The SMILES string of the molecule is COc1nc(Cl)cc2c1[C@@H](NC[C@@H]1CCC(=O)N1)C(C)(C)C2. The van der Waals surface area contributed by atoms with Gasteiger partial charge in [-0.05, 0) is 29.9 Å². The van der Waals surface area contributed by atoms with E-state index < -0.39 is 0 Å². The second-order valence-electron chi connectivity index (χ2n) is 6.84. The molecular formula is C16H22ClN3O2. The van der Waals surface area contributed by atoms with Crippen molar-refractivity contribution in [1.82, 2.24) is 15.6 Å². The molecule has 1 saturated heterocycles. The molecule has 2 atom stereocenters. The predicted octanol–water partition coefficient (Wildman–Crippen LogP) is 2.24. The van der Waals surface area contributed by atoms with Crippen LogP contribution < -0.4 is 15.4 Å². The summed E-state index contributed by atoms with van der Waals surface area (Å²) in [7, 11) is 1.62. The fourth-order valence-electron chi connectivity index (χ4n) is 3.61. The van der Waals surface area contributed by atoms with Crippen LogP contribution >= 0.6 is 11.6 Å². The molecule has 22 heavy (non-hydrogen) atoms. The van der Waals surface area contributed by atoms with Gasteiger partial charge >= 0.3 is 0 Å². The van der Waals surface area contributed by atoms with E-state index in [9.17, 15) is 4.79 Å². The maximum Gasteiger partial charge on any atom is 0.220 e. The summed E-state index contributed by atoms with van der Waals surface area (Å²) in [5.41, 5.74) is 2.33. The van der Waals surface area contributed by atoms with Gasteiger partial charge in [0.2, 0.25) is 11.8 Å². The van der Waals surface area contributed by atoms with Gasteiger partial charge in [-0.1, -0.05) is 25.4 Å². The lowest BCUT2D eigenvalue weighted by Crippen LogP contribution is -2.40. The number of carbonyl (C=O) groups excluding carboxylic acids is 1. The lowest BCUT2D eigenvalue weighted by Gasteiger charge is -2.30. The molecule has 2 N–H and O–H groups in total. The number of aromatic nitrogens is 1. The second kappa shape index (κ2) is 5.70. The van der Waals surface area contributed by atoms with Crippen molar-refractivity contribution in [2.75, 3.05) is 13.7 Å². The lowest BCUT2D eigenvalue weighted by atomic mass is 9.85. The number of fused-ring (bicyclic) bond motifs is 1. The average Bonchev–Trinajstić information content (AvgIpc) is 2.95. The van der Waals surface area contributed by atoms with Crippen molar-refractivity contribution < 1.29 is 9.53 Å². The molecule has 0 aromatic carbocycles. The largest absolute Gasteiger partial charge is 0.481 e. The topological polar surface area (TPSA) is 63.2 Å². The van der Waals surface area contributed by atoms with Crippen molar-refractivity contribution in [2.45, 2.75) is 45.2 Å². The zero-order valence-corrected chi connectivity index (χ0v) is 14.0. The quantitative estimate of drug-likeness (QED) is 0.834. The number of nitrogens with zero attached hydrogens (tertiary/aromatic N) is 1. The molecule has 3 rings (SSSR count). The van der Waals surface area contributed by atoms with Crippen LogP contribution in [0.15, 0.2) is 6.07 Å². The number of rotatable bonds is 4. The van der Waals surface area contributed by atoms with Crippen LogP contribution in [0.25, 0.3) is 0 Å². The molecular weight excluding hydrogens is 302 g/mol. The van der Waals surface area contributed by atoms with Crippen molar-refractivity contribution >= 4 is 17.5 Å². The van der Waals surface area contributed by atoms with Crippen molar-refractivity contribution in [1.29, 1.82) is 0 Å². The number of nitrogens with one attached hydrogen (secondary N) is 2. The Morgan fingerprint density at radius 1 is 1.55 bits per heavy atom. The van der Waals surface area contributed by atoms with Crippen LogP contribution in [0, 0.1) is 5.41 Å². The first-order chi connectivity index (χ1) is 10.4. The van der Waals surface area contributed by atoms with Crippen LogP contribution in [0.2, 0.25) is 5.15 Å². The number of ether oxygens (including phenoxy) is 1. The van der Waals surface area contributed by atoms with E-state index in [4.69, 9.17) is 16.3 Å². The van der Waals surface area contributed by atoms with Gasteiger partial charge in [0.1, 0.15) is 5.15 Å². The van der Waals surface area contributed by atoms with E-state index in [0.717, 1.165) is 24.9 Å². The minimum atomic E-state index is 0.0462. The molecule has 2 aliphatic rings. The van der Waals surface area contributed by atoms with Gasteiger partial charge in [0, 0.05) is 30.6 Å². The molecule has 0 bridgehead atoms. The fourth-order valence-corrected chi connectivity index (χ4v) is 3.82. The first-order valence-electron chi connectivity index (χ1n) is 7.67. The van der Waals surface area contributed by atoms with Crippen molar-refractivity contribution in [3.63, 3.8) is 0 Å². The Morgan fingerprint density at radius 2 is 2.32 bits per heavy atom. The first kappa shape index (κ1) is 15.6. The van der Waals surface area contributed by atoms with E-state index in [2.05, 4.69) is 29.5 Å². The number of hydrogen-bond donors (Lipinski definition) is 2. The van der Waals surface area contributed by atoms with Crippen LogP contribution in [0.4, 0.5) is 0 Å². The number of amides is 1. The highest BCUT2D eigenvalue weighted by Crippen LogP contribution is 2.48. The molecule has 5 nitrogen and oxygen atoms in total. The highest BCUT2D eigenvalue weighted by molar-refractivity contribution is 6.29. The van der Waals surface area contributed by atoms with Gasteiger partial charge in [0.15, 0.2) is 0 Å². The Balaban J connectivity index is 1.83. The van der Waals surface area contributed by atoms with Crippen LogP contribution in [-0.4, -0.2) is 30.6 Å². The van der Waals surface area contributed by atoms with Crippen LogP contribution in [0.1, 0.15) is 43.9 Å². The minimum absolute atomic E-state index is 0.0462. The third-order valence-electron chi connectivity index (χ3n) is 4.64. The maximum atomic E-state index is 11.3. The number of methoxy groups -OCH3 is 1. The fraction of sp³-hybridized carbons (Fsp3) is 0.625. The average molecular weight is 324 g/mol. The molecule has 2 heterocycles. The Morgan fingerprint density at radius 3 is 2.95 bits per heavy atom. The number of hydrogen-bond acceptors (Lipinski definition) is 4. The van der Waals surface area contributed by atoms with Gasteiger partial charge in [-0.3, -0.25) is 4.79 Å². The smallest absolute Gasteiger partial charge is 0.220 e. The number of carbonyl (C=O) groups is 1. The van der Waals surface area contributed by atoms with Crippen LogP contribution in [-0.2, 0) is 11.2 Å². The molecule has 6 heteroatoms. The summed E-state index contributed by atoms with van der Waals surface area (Å²) < 4.78 is 5.45. The highest BCUT2D eigenvalue weighted by atomic mass is 35.5. The van der Waals surface area contributed by atoms with Gasteiger partial charge < -0.3 is 15.4 Å². The number of pyridine rings is 1. The molecule has 0 saturated carbocycles. The third-order valence-corrected chi connectivity index (χ3v) is 4.83. The summed E-state index contributed by atoms with van der Waals surface area (Å²) >= 11 is 6.09. The monoisotopic (exact) mass is 323 g/mol.